The molecular formula is C11H12F6O4. The highest BCUT2D eigenvalue weighted by Crippen LogP contribution is 2.35. The molecular weight excluding hydrogens is 310 g/mol. The Bertz CT molecular complexity index is 402. The fraction of sp³-hybridized carbons (Fsp3) is 0.455. The van der Waals surface area contributed by atoms with Crippen molar-refractivity contribution in [2.45, 2.75) is 25.2 Å². The van der Waals surface area contributed by atoms with Crippen LogP contribution in [0.5, 0.6) is 0 Å². The lowest BCUT2D eigenvalue weighted by Gasteiger charge is -2.22. The standard InChI is InChI=1S/C8H8F6O2.C3H4O2/c1-4(2)5(15)16-3-7(10,11)6(9)8(12,13)14;1-2-3(4)5/h6H,1,3H2,2H3;2H,1H2,(H,4,5). The topological polar surface area (TPSA) is 63.6 Å². The Morgan fingerprint density at radius 1 is 1.29 bits per heavy atom. The number of aliphatic carboxylic acids is 1. The second kappa shape index (κ2) is 8.32. The Morgan fingerprint density at radius 3 is 1.90 bits per heavy atom. The molecule has 0 aliphatic heterocycles. The van der Waals surface area contributed by atoms with Gasteiger partial charge in [0.2, 0.25) is 0 Å². The molecule has 10 heteroatoms. The van der Waals surface area contributed by atoms with Gasteiger partial charge in [-0.1, -0.05) is 13.2 Å². The molecule has 0 spiro atoms. The zero-order valence-corrected chi connectivity index (χ0v) is 10.7. The third-order valence-corrected chi connectivity index (χ3v) is 1.58. The van der Waals surface area contributed by atoms with Crippen LogP contribution in [-0.4, -0.2) is 41.9 Å². The Kier molecular flexibility index (Phi) is 8.44. The van der Waals surface area contributed by atoms with Crippen molar-refractivity contribution < 1.29 is 45.8 Å². The molecule has 1 atom stereocenters. The molecule has 1 N–H and O–H groups in total. The molecule has 0 fully saturated rings. The predicted molar refractivity (Wildman–Crippen MR) is 59.5 cm³/mol. The second-order valence-electron chi connectivity index (χ2n) is 3.56. The molecule has 0 amide bonds. The number of hydrogen-bond donors (Lipinski definition) is 1. The summed E-state index contributed by atoms with van der Waals surface area (Å²) in [5.41, 5.74) is -0.279. The van der Waals surface area contributed by atoms with Crippen LogP contribution in [0.4, 0.5) is 26.3 Å². The number of carbonyl (C=O) groups excluding carboxylic acids is 1. The number of hydrogen-bond acceptors (Lipinski definition) is 3. The highest BCUT2D eigenvalue weighted by atomic mass is 19.4. The van der Waals surface area contributed by atoms with Gasteiger partial charge in [0.1, 0.15) is 0 Å². The number of ether oxygens (including phenoxy) is 1. The zero-order valence-electron chi connectivity index (χ0n) is 10.7. The predicted octanol–water partition coefficient (Wildman–Crippen LogP) is 2.90. The Balaban J connectivity index is 0. The molecule has 0 aliphatic rings. The Hall–Kier alpha value is -2.00. The molecule has 4 nitrogen and oxygen atoms in total. The first-order valence-corrected chi connectivity index (χ1v) is 5.02. The third-order valence-electron chi connectivity index (χ3n) is 1.58. The smallest absolute Gasteiger partial charge is 0.425 e. The summed E-state index contributed by atoms with van der Waals surface area (Å²) in [6.07, 6.45) is -9.25. The van der Waals surface area contributed by atoms with Crippen molar-refractivity contribution in [1.82, 2.24) is 0 Å². The van der Waals surface area contributed by atoms with Crippen LogP contribution < -0.4 is 0 Å². The Morgan fingerprint density at radius 2 is 1.67 bits per heavy atom. The van der Waals surface area contributed by atoms with E-state index in [1.165, 1.54) is 0 Å². The van der Waals surface area contributed by atoms with Crippen molar-refractivity contribution in [2.24, 2.45) is 0 Å². The van der Waals surface area contributed by atoms with Crippen molar-refractivity contribution in [2.75, 3.05) is 6.61 Å². The molecule has 0 saturated heterocycles. The molecule has 0 aromatic rings. The maximum atomic E-state index is 12.5. The van der Waals surface area contributed by atoms with Crippen LogP contribution in [0.15, 0.2) is 24.8 Å². The van der Waals surface area contributed by atoms with Gasteiger partial charge in [-0.15, -0.1) is 0 Å². The van der Waals surface area contributed by atoms with Crippen molar-refractivity contribution in [1.29, 1.82) is 0 Å². The molecule has 1 unspecified atom stereocenters. The number of carboxylic acids is 1. The van der Waals surface area contributed by atoms with Crippen molar-refractivity contribution in [3.63, 3.8) is 0 Å². The van der Waals surface area contributed by atoms with Gasteiger partial charge in [-0.2, -0.15) is 22.0 Å². The summed E-state index contributed by atoms with van der Waals surface area (Å²) in [6, 6.07) is 0. The van der Waals surface area contributed by atoms with E-state index in [-0.39, 0.29) is 5.57 Å². The highest BCUT2D eigenvalue weighted by Gasteiger charge is 2.57. The van der Waals surface area contributed by atoms with Crippen LogP contribution in [0.1, 0.15) is 6.92 Å². The normalized spacial score (nSPS) is 12.5. The summed E-state index contributed by atoms with van der Waals surface area (Å²) >= 11 is 0. The summed E-state index contributed by atoms with van der Waals surface area (Å²) in [5.74, 6) is -7.11. The minimum atomic E-state index is -5.71. The summed E-state index contributed by atoms with van der Waals surface area (Å²) < 4.78 is 75.9. The van der Waals surface area contributed by atoms with Gasteiger partial charge in [0, 0.05) is 11.6 Å². The molecule has 0 bridgehead atoms. The van der Waals surface area contributed by atoms with Gasteiger partial charge < -0.3 is 9.84 Å². The van der Waals surface area contributed by atoms with Crippen molar-refractivity contribution in [3.8, 4) is 0 Å². The van der Waals surface area contributed by atoms with Gasteiger partial charge in [0.25, 0.3) is 6.17 Å². The molecule has 0 heterocycles. The molecule has 0 radical (unpaired) electrons. The average molecular weight is 322 g/mol. The highest BCUT2D eigenvalue weighted by molar-refractivity contribution is 5.86. The monoisotopic (exact) mass is 322 g/mol. The molecule has 0 aromatic heterocycles. The maximum Gasteiger partial charge on any atom is 0.425 e. The largest absolute Gasteiger partial charge is 0.478 e. The van der Waals surface area contributed by atoms with Crippen molar-refractivity contribution in [3.05, 3.63) is 24.8 Å². The van der Waals surface area contributed by atoms with Gasteiger partial charge in [-0.3, -0.25) is 0 Å². The van der Waals surface area contributed by atoms with Crippen LogP contribution >= 0.6 is 0 Å². The molecule has 0 saturated carbocycles. The van der Waals surface area contributed by atoms with Crippen LogP contribution in [-0.2, 0) is 14.3 Å². The van der Waals surface area contributed by atoms with E-state index in [1.807, 2.05) is 0 Å². The lowest BCUT2D eigenvalue weighted by Crippen LogP contribution is -2.45. The zero-order chi connectivity index (χ0) is 17.4. The van der Waals surface area contributed by atoms with Gasteiger partial charge in [-0.25, -0.2) is 14.0 Å². The van der Waals surface area contributed by atoms with E-state index in [1.54, 1.807) is 0 Å². The fourth-order valence-corrected chi connectivity index (χ4v) is 0.598. The van der Waals surface area contributed by atoms with E-state index in [0.717, 1.165) is 13.0 Å². The number of carbonyl (C=O) groups is 2. The van der Waals surface area contributed by atoms with Gasteiger partial charge in [0.15, 0.2) is 6.61 Å². The van der Waals surface area contributed by atoms with Crippen LogP contribution in [0.3, 0.4) is 0 Å². The van der Waals surface area contributed by atoms with E-state index in [4.69, 9.17) is 5.11 Å². The van der Waals surface area contributed by atoms with Gasteiger partial charge in [0.05, 0.1) is 0 Å². The SMILES string of the molecule is C=C(C)C(=O)OCC(F)(F)C(F)C(F)(F)F.C=CC(=O)O. The summed E-state index contributed by atoms with van der Waals surface area (Å²) in [6.45, 7) is 5.10. The van der Waals surface area contributed by atoms with Crippen LogP contribution in [0.25, 0.3) is 0 Å². The third kappa shape index (κ3) is 9.52. The molecule has 0 aromatic carbocycles. The minimum absolute atomic E-state index is 0.279. The lowest BCUT2D eigenvalue weighted by atomic mass is 10.2. The number of alkyl halides is 6. The molecule has 0 aliphatic carbocycles. The van der Waals surface area contributed by atoms with Crippen LogP contribution in [0, 0.1) is 0 Å². The first kappa shape index (κ1) is 21.3. The van der Waals surface area contributed by atoms with Gasteiger partial charge in [-0.05, 0) is 6.92 Å². The summed E-state index contributed by atoms with van der Waals surface area (Å²) in [5, 5.41) is 7.60. The molecule has 21 heavy (non-hydrogen) atoms. The number of carboxylic acid groups (broad SMARTS) is 1. The van der Waals surface area contributed by atoms with Crippen molar-refractivity contribution >= 4 is 11.9 Å². The van der Waals surface area contributed by atoms with E-state index < -0.39 is 36.8 Å². The summed E-state index contributed by atoms with van der Waals surface area (Å²) in [4.78, 5) is 19.9. The quantitative estimate of drug-likeness (QED) is 0.480. The lowest BCUT2D eigenvalue weighted by molar-refractivity contribution is -0.253. The average Bonchev–Trinajstić information content (AvgIpc) is 2.34. The summed E-state index contributed by atoms with van der Waals surface area (Å²) in [7, 11) is 0. The fourth-order valence-electron chi connectivity index (χ4n) is 0.598. The Labute approximate surface area is 115 Å². The maximum absolute atomic E-state index is 12.5. The first-order valence-electron chi connectivity index (χ1n) is 5.02. The second-order valence-corrected chi connectivity index (χ2v) is 3.56. The van der Waals surface area contributed by atoms with E-state index in [2.05, 4.69) is 17.9 Å². The number of halogens is 6. The van der Waals surface area contributed by atoms with E-state index >= 15 is 0 Å². The molecule has 0 rings (SSSR count). The van der Waals surface area contributed by atoms with E-state index in [9.17, 15) is 35.9 Å². The minimum Gasteiger partial charge on any atom is -0.478 e. The van der Waals surface area contributed by atoms with Crippen LogP contribution in [0.2, 0.25) is 0 Å². The first-order chi connectivity index (χ1) is 9.25. The van der Waals surface area contributed by atoms with E-state index in [0.29, 0.717) is 0 Å². The number of esters is 1. The van der Waals surface area contributed by atoms with Gasteiger partial charge >= 0.3 is 24.0 Å². The number of rotatable bonds is 5. The molecule has 122 valence electrons.